The molecule has 6 nitrogen and oxygen atoms in total. The van der Waals surface area contributed by atoms with Gasteiger partial charge in [0, 0.05) is 24.5 Å². The van der Waals surface area contributed by atoms with E-state index in [1.807, 2.05) is 0 Å². The molecule has 1 aromatic carbocycles. The molecule has 3 N–H and O–H groups in total. The molecule has 8 heteroatoms. The van der Waals surface area contributed by atoms with E-state index < -0.39 is 0 Å². The first-order valence-corrected chi connectivity index (χ1v) is 10.6. The van der Waals surface area contributed by atoms with E-state index in [2.05, 4.69) is 30.0 Å². The molecular formula is C20H29ClN4O2S. The van der Waals surface area contributed by atoms with Crippen LogP contribution in [0.15, 0.2) is 18.2 Å². The smallest absolute Gasteiger partial charge is 0.271 e. The second-order valence-electron chi connectivity index (χ2n) is 7.20. The molecule has 1 atom stereocenters. The zero-order valence-corrected chi connectivity index (χ0v) is 18.1. The van der Waals surface area contributed by atoms with Crippen LogP contribution in [0, 0.1) is 5.92 Å². The molecule has 2 amide bonds. The summed E-state index contributed by atoms with van der Waals surface area (Å²) in [6.07, 6.45) is 6.07. The van der Waals surface area contributed by atoms with E-state index in [-0.39, 0.29) is 11.8 Å². The number of nitrogens with zero attached hydrogens (tertiary/aromatic N) is 1. The van der Waals surface area contributed by atoms with Crippen molar-refractivity contribution in [3.63, 3.8) is 0 Å². The van der Waals surface area contributed by atoms with Gasteiger partial charge in [0.1, 0.15) is 0 Å². The lowest BCUT2D eigenvalue weighted by Crippen LogP contribution is -2.47. The average molecular weight is 425 g/mol. The molecule has 0 bridgehead atoms. The van der Waals surface area contributed by atoms with Crippen molar-refractivity contribution >= 4 is 46.4 Å². The van der Waals surface area contributed by atoms with Crippen LogP contribution in [0.3, 0.4) is 0 Å². The summed E-state index contributed by atoms with van der Waals surface area (Å²) in [5.41, 5.74) is 6.23. The maximum absolute atomic E-state index is 12.6. The molecule has 0 radical (unpaired) electrons. The average Bonchev–Trinajstić information content (AvgIpc) is 3.10. The topological polar surface area (TPSA) is 73.5 Å². The molecule has 0 aliphatic carbocycles. The number of nitrogens with one attached hydrogen (secondary N) is 3. The first kappa shape index (κ1) is 22.4. The van der Waals surface area contributed by atoms with Crippen LogP contribution in [0.2, 0.25) is 5.02 Å². The van der Waals surface area contributed by atoms with Gasteiger partial charge < -0.3 is 10.2 Å². The number of hydrogen-bond donors (Lipinski definition) is 3. The van der Waals surface area contributed by atoms with Gasteiger partial charge in [-0.05, 0) is 49.2 Å². The molecule has 28 heavy (non-hydrogen) atoms. The van der Waals surface area contributed by atoms with Crippen molar-refractivity contribution in [2.24, 2.45) is 5.92 Å². The Hall–Kier alpha value is -1.86. The highest BCUT2D eigenvalue weighted by atomic mass is 35.5. The van der Waals surface area contributed by atoms with E-state index in [4.69, 9.17) is 23.8 Å². The predicted octanol–water partition coefficient (Wildman–Crippen LogP) is 3.79. The standard InChI is InChI=1S/C20H29ClN4O2S/c1-3-4-5-7-14(2)13-22-20(28)24-23-19(27)16-10-9-15(21)12-17(16)25-11-6-8-18(25)26/h9-10,12,14H,3-8,11,13H2,1-2H3,(H,23,27)(H2,22,24,28)/t14-/m0/s1. The third-order valence-corrected chi connectivity index (χ3v) is 5.25. The van der Waals surface area contributed by atoms with Gasteiger partial charge in [-0.25, -0.2) is 0 Å². The van der Waals surface area contributed by atoms with Gasteiger partial charge in [-0.15, -0.1) is 0 Å². The molecular weight excluding hydrogens is 396 g/mol. The molecule has 2 rings (SSSR count). The molecule has 0 spiro atoms. The van der Waals surface area contributed by atoms with Gasteiger partial charge in [0.25, 0.3) is 5.91 Å². The largest absolute Gasteiger partial charge is 0.361 e. The van der Waals surface area contributed by atoms with Crippen molar-refractivity contribution < 1.29 is 9.59 Å². The molecule has 1 heterocycles. The van der Waals surface area contributed by atoms with Crippen LogP contribution in [-0.2, 0) is 4.79 Å². The highest BCUT2D eigenvalue weighted by molar-refractivity contribution is 7.80. The van der Waals surface area contributed by atoms with Crippen molar-refractivity contribution in [3.05, 3.63) is 28.8 Å². The van der Waals surface area contributed by atoms with Gasteiger partial charge in [-0.2, -0.15) is 0 Å². The lowest BCUT2D eigenvalue weighted by Gasteiger charge is -2.20. The summed E-state index contributed by atoms with van der Waals surface area (Å²) in [4.78, 5) is 26.3. The second-order valence-corrected chi connectivity index (χ2v) is 8.05. The Labute approximate surface area is 177 Å². The summed E-state index contributed by atoms with van der Waals surface area (Å²) in [6, 6.07) is 4.90. The maximum Gasteiger partial charge on any atom is 0.271 e. The molecule has 1 aromatic rings. The van der Waals surface area contributed by atoms with E-state index in [9.17, 15) is 9.59 Å². The fourth-order valence-corrected chi connectivity index (χ4v) is 3.46. The number of anilines is 1. The van der Waals surface area contributed by atoms with Gasteiger partial charge in [0.2, 0.25) is 5.91 Å². The quantitative estimate of drug-likeness (QED) is 0.336. The number of rotatable bonds is 8. The summed E-state index contributed by atoms with van der Waals surface area (Å²) in [6.45, 7) is 5.70. The lowest BCUT2D eigenvalue weighted by atomic mass is 10.0. The van der Waals surface area contributed by atoms with E-state index in [0.29, 0.717) is 40.3 Å². The zero-order valence-electron chi connectivity index (χ0n) is 16.5. The van der Waals surface area contributed by atoms with Gasteiger partial charge in [-0.3, -0.25) is 20.4 Å². The number of carbonyl (C=O) groups is 2. The highest BCUT2D eigenvalue weighted by Crippen LogP contribution is 2.28. The summed E-state index contributed by atoms with van der Waals surface area (Å²) < 4.78 is 0. The molecule has 154 valence electrons. The zero-order chi connectivity index (χ0) is 20.5. The summed E-state index contributed by atoms with van der Waals surface area (Å²) >= 11 is 11.3. The van der Waals surface area contributed by atoms with Crippen molar-refractivity contribution in [2.75, 3.05) is 18.0 Å². The van der Waals surface area contributed by atoms with Crippen molar-refractivity contribution in [2.45, 2.75) is 52.4 Å². The summed E-state index contributed by atoms with van der Waals surface area (Å²) in [7, 11) is 0. The predicted molar refractivity (Wildman–Crippen MR) is 118 cm³/mol. The minimum Gasteiger partial charge on any atom is -0.361 e. The van der Waals surface area contributed by atoms with Crippen LogP contribution in [0.5, 0.6) is 0 Å². The normalized spacial score (nSPS) is 14.7. The number of hydrazine groups is 1. The van der Waals surface area contributed by atoms with Crippen LogP contribution in [0.25, 0.3) is 0 Å². The lowest BCUT2D eigenvalue weighted by molar-refractivity contribution is -0.117. The number of benzene rings is 1. The van der Waals surface area contributed by atoms with Gasteiger partial charge in [-0.1, -0.05) is 44.7 Å². The van der Waals surface area contributed by atoms with E-state index in [1.54, 1.807) is 23.1 Å². The molecule has 1 aliphatic heterocycles. The van der Waals surface area contributed by atoms with Crippen molar-refractivity contribution in [1.82, 2.24) is 16.2 Å². The summed E-state index contributed by atoms with van der Waals surface area (Å²) in [5.74, 6) is 0.135. The minimum atomic E-state index is -0.369. The Morgan fingerprint density at radius 1 is 1.32 bits per heavy atom. The number of unbranched alkanes of at least 4 members (excludes halogenated alkanes) is 2. The number of amides is 2. The van der Waals surface area contributed by atoms with Crippen LogP contribution in [-0.4, -0.2) is 30.0 Å². The Morgan fingerprint density at radius 3 is 2.79 bits per heavy atom. The van der Waals surface area contributed by atoms with E-state index in [1.165, 1.54) is 19.3 Å². The van der Waals surface area contributed by atoms with E-state index >= 15 is 0 Å². The fourth-order valence-electron chi connectivity index (χ4n) is 3.16. The first-order chi connectivity index (χ1) is 13.4. The Balaban J connectivity index is 1.87. The van der Waals surface area contributed by atoms with Crippen molar-refractivity contribution in [3.8, 4) is 0 Å². The molecule has 1 saturated heterocycles. The minimum absolute atomic E-state index is 0.00137. The Bertz CT molecular complexity index is 713. The Kier molecular flexibility index (Phi) is 8.99. The van der Waals surface area contributed by atoms with Crippen molar-refractivity contribution in [1.29, 1.82) is 0 Å². The fraction of sp³-hybridized carbons (Fsp3) is 0.550. The second kappa shape index (κ2) is 11.2. The van der Waals surface area contributed by atoms with E-state index in [0.717, 1.165) is 19.4 Å². The molecule has 0 saturated carbocycles. The van der Waals surface area contributed by atoms with Gasteiger partial charge in [0.15, 0.2) is 5.11 Å². The number of carbonyl (C=O) groups excluding carboxylic acids is 2. The monoisotopic (exact) mass is 424 g/mol. The molecule has 0 unspecified atom stereocenters. The number of hydrogen-bond acceptors (Lipinski definition) is 3. The maximum atomic E-state index is 12.6. The molecule has 1 aliphatic rings. The highest BCUT2D eigenvalue weighted by Gasteiger charge is 2.26. The third kappa shape index (κ3) is 6.63. The number of thiocarbonyl (C=S) groups is 1. The third-order valence-electron chi connectivity index (χ3n) is 4.77. The first-order valence-electron chi connectivity index (χ1n) is 9.86. The SMILES string of the molecule is CCCCC[C@H](C)CNC(=S)NNC(=O)c1ccc(Cl)cc1N1CCCC1=O. The molecule has 0 aromatic heterocycles. The number of halogens is 1. The Morgan fingerprint density at radius 2 is 2.11 bits per heavy atom. The van der Waals surface area contributed by atoms with Crippen LogP contribution >= 0.6 is 23.8 Å². The molecule has 1 fully saturated rings. The van der Waals surface area contributed by atoms with Gasteiger partial charge in [0.05, 0.1) is 11.3 Å². The van der Waals surface area contributed by atoms with Gasteiger partial charge >= 0.3 is 0 Å². The summed E-state index contributed by atoms with van der Waals surface area (Å²) in [5, 5.41) is 3.97. The van der Waals surface area contributed by atoms with Crippen LogP contribution in [0.4, 0.5) is 5.69 Å². The van der Waals surface area contributed by atoms with Crippen LogP contribution < -0.4 is 21.1 Å². The van der Waals surface area contributed by atoms with Crippen LogP contribution in [0.1, 0.15) is 62.7 Å².